The lowest BCUT2D eigenvalue weighted by Gasteiger charge is -2.31. The Labute approximate surface area is 131 Å². The lowest BCUT2D eigenvalue weighted by Crippen LogP contribution is -2.37. The molecule has 0 aliphatic heterocycles. The molecular weight excluding hydrogens is 290 g/mol. The summed E-state index contributed by atoms with van der Waals surface area (Å²) in [5.74, 6) is -0.193. The number of aliphatic hydroxyl groups is 1. The summed E-state index contributed by atoms with van der Waals surface area (Å²) in [5.41, 5.74) is 1.02. The predicted octanol–water partition coefficient (Wildman–Crippen LogP) is 2.78. The molecule has 0 aliphatic rings. The number of carbonyl (C=O) groups excluding carboxylic acids is 1. The van der Waals surface area contributed by atoms with Gasteiger partial charge in [0.2, 0.25) is 0 Å². The first-order valence-corrected chi connectivity index (χ1v) is 7.94. The summed E-state index contributed by atoms with van der Waals surface area (Å²) < 4.78 is 1.62. The van der Waals surface area contributed by atoms with Crippen LogP contribution < -0.4 is 5.32 Å². The highest BCUT2D eigenvalue weighted by molar-refractivity contribution is 6.33. The van der Waals surface area contributed by atoms with Crippen LogP contribution in [-0.2, 0) is 6.54 Å². The molecule has 1 aromatic rings. The molecule has 1 rings (SSSR count). The molecule has 0 unspecified atom stereocenters. The van der Waals surface area contributed by atoms with Crippen molar-refractivity contribution in [2.75, 3.05) is 13.2 Å². The molecule has 0 spiro atoms. The first-order valence-electron chi connectivity index (χ1n) is 7.56. The van der Waals surface area contributed by atoms with E-state index in [1.165, 1.54) is 0 Å². The number of aliphatic hydroxyl groups excluding tert-OH is 1. The zero-order valence-electron chi connectivity index (χ0n) is 13.4. The van der Waals surface area contributed by atoms with E-state index >= 15 is 0 Å². The highest BCUT2D eigenvalue weighted by atomic mass is 35.5. The molecule has 1 amide bonds. The number of nitrogens with one attached hydrogen (secondary N) is 1. The number of halogens is 1. The third kappa shape index (κ3) is 3.98. The second kappa shape index (κ2) is 7.80. The molecule has 0 fully saturated rings. The van der Waals surface area contributed by atoms with Crippen LogP contribution in [-0.4, -0.2) is 33.9 Å². The predicted molar refractivity (Wildman–Crippen MR) is 84.7 cm³/mol. The largest absolute Gasteiger partial charge is 0.396 e. The molecule has 0 aliphatic carbocycles. The van der Waals surface area contributed by atoms with E-state index in [1.807, 2.05) is 6.92 Å². The third-order valence-corrected chi connectivity index (χ3v) is 4.74. The summed E-state index contributed by atoms with van der Waals surface area (Å²) in [5, 5.41) is 16.8. The van der Waals surface area contributed by atoms with Crippen molar-refractivity contribution in [1.82, 2.24) is 15.1 Å². The summed E-state index contributed by atoms with van der Waals surface area (Å²) in [4.78, 5) is 12.4. The lowest BCUT2D eigenvalue weighted by atomic mass is 9.79. The van der Waals surface area contributed by atoms with Crippen molar-refractivity contribution in [2.24, 2.45) is 5.41 Å². The molecule has 120 valence electrons. The minimum atomic E-state index is -0.193. The molecule has 1 aromatic heterocycles. The second-order valence-corrected chi connectivity index (χ2v) is 5.79. The van der Waals surface area contributed by atoms with Gasteiger partial charge in [-0.2, -0.15) is 5.10 Å². The Hall–Kier alpha value is -1.07. The summed E-state index contributed by atoms with van der Waals surface area (Å²) in [6, 6.07) is 0. The average molecular weight is 316 g/mol. The zero-order valence-corrected chi connectivity index (χ0v) is 14.1. The van der Waals surface area contributed by atoms with Gasteiger partial charge in [0.05, 0.1) is 11.3 Å². The van der Waals surface area contributed by atoms with E-state index in [9.17, 15) is 9.90 Å². The average Bonchev–Trinajstić information content (AvgIpc) is 2.77. The Kier molecular flexibility index (Phi) is 6.68. The fourth-order valence-corrected chi connectivity index (χ4v) is 2.94. The van der Waals surface area contributed by atoms with Crippen molar-refractivity contribution >= 4 is 17.5 Å². The Bertz CT molecular complexity index is 482. The molecule has 6 heteroatoms. The molecule has 0 aromatic carbocycles. The molecule has 0 saturated heterocycles. The highest BCUT2D eigenvalue weighted by Gasteiger charge is 2.27. The summed E-state index contributed by atoms with van der Waals surface area (Å²) in [7, 11) is 0. The van der Waals surface area contributed by atoms with Gasteiger partial charge < -0.3 is 10.4 Å². The lowest BCUT2D eigenvalue weighted by molar-refractivity contribution is 0.0906. The smallest absolute Gasteiger partial charge is 0.256 e. The number of aryl methyl sites for hydroxylation is 2. The molecule has 21 heavy (non-hydrogen) atoms. The number of hydrogen-bond donors (Lipinski definition) is 2. The van der Waals surface area contributed by atoms with E-state index in [2.05, 4.69) is 24.3 Å². The molecule has 5 nitrogen and oxygen atoms in total. The number of hydrogen-bond acceptors (Lipinski definition) is 3. The van der Waals surface area contributed by atoms with Gasteiger partial charge in [-0.1, -0.05) is 25.4 Å². The zero-order chi connectivity index (χ0) is 16.0. The van der Waals surface area contributed by atoms with Crippen LogP contribution in [0, 0.1) is 12.3 Å². The van der Waals surface area contributed by atoms with Gasteiger partial charge in [-0.05, 0) is 38.5 Å². The van der Waals surface area contributed by atoms with E-state index in [4.69, 9.17) is 11.6 Å². The van der Waals surface area contributed by atoms with Crippen molar-refractivity contribution in [2.45, 2.75) is 53.5 Å². The van der Waals surface area contributed by atoms with Crippen LogP contribution in [0.3, 0.4) is 0 Å². The molecule has 2 N–H and O–H groups in total. The summed E-state index contributed by atoms with van der Waals surface area (Å²) in [6.07, 6.45) is 2.50. The van der Waals surface area contributed by atoms with Gasteiger partial charge in [-0.15, -0.1) is 0 Å². The van der Waals surface area contributed by atoms with Crippen LogP contribution in [0.5, 0.6) is 0 Å². The first kappa shape index (κ1) is 18.0. The van der Waals surface area contributed by atoms with Crippen LogP contribution in [0.4, 0.5) is 0 Å². The van der Waals surface area contributed by atoms with Gasteiger partial charge in [-0.3, -0.25) is 9.48 Å². The van der Waals surface area contributed by atoms with Crippen molar-refractivity contribution in [1.29, 1.82) is 0 Å². The molecule has 0 radical (unpaired) electrons. The normalized spacial score (nSPS) is 11.7. The number of aromatic nitrogens is 2. The van der Waals surface area contributed by atoms with Gasteiger partial charge in [0.15, 0.2) is 0 Å². The van der Waals surface area contributed by atoms with Gasteiger partial charge >= 0.3 is 0 Å². The number of amides is 1. The first-order chi connectivity index (χ1) is 9.94. The maximum Gasteiger partial charge on any atom is 0.256 e. The molecule has 0 saturated carbocycles. The van der Waals surface area contributed by atoms with E-state index in [1.54, 1.807) is 11.6 Å². The Balaban J connectivity index is 2.84. The monoisotopic (exact) mass is 315 g/mol. The van der Waals surface area contributed by atoms with E-state index in [-0.39, 0.29) is 17.9 Å². The summed E-state index contributed by atoms with van der Waals surface area (Å²) >= 11 is 6.20. The second-order valence-electron chi connectivity index (χ2n) is 5.43. The van der Waals surface area contributed by atoms with Crippen LogP contribution >= 0.6 is 11.6 Å². The summed E-state index contributed by atoms with van der Waals surface area (Å²) in [6.45, 7) is 9.17. The van der Waals surface area contributed by atoms with Gasteiger partial charge in [0.25, 0.3) is 5.91 Å². The number of nitrogens with zero attached hydrogens (tertiary/aromatic N) is 2. The topological polar surface area (TPSA) is 67.2 Å². The molecule has 1 heterocycles. The van der Waals surface area contributed by atoms with Gasteiger partial charge in [-0.25, -0.2) is 0 Å². The molecular formula is C15H26ClN3O2. The fourth-order valence-electron chi connectivity index (χ4n) is 2.56. The van der Waals surface area contributed by atoms with Crippen LogP contribution in [0.15, 0.2) is 0 Å². The van der Waals surface area contributed by atoms with Crippen molar-refractivity contribution < 1.29 is 9.90 Å². The SMILES string of the molecule is CCn1nc(C)c(C(=O)NCC(CC)(CC)CCO)c1Cl. The third-order valence-electron chi connectivity index (χ3n) is 4.36. The maximum atomic E-state index is 12.4. The van der Waals surface area contributed by atoms with E-state index < -0.39 is 0 Å². The molecule has 0 atom stereocenters. The Morgan fingerprint density at radius 2 is 2.00 bits per heavy atom. The van der Waals surface area contributed by atoms with Crippen molar-refractivity contribution in [3.63, 3.8) is 0 Å². The minimum Gasteiger partial charge on any atom is -0.396 e. The Morgan fingerprint density at radius 1 is 1.38 bits per heavy atom. The van der Waals surface area contributed by atoms with Crippen LogP contribution in [0.2, 0.25) is 5.15 Å². The maximum absolute atomic E-state index is 12.4. The van der Waals surface area contributed by atoms with Gasteiger partial charge in [0, 0.05) is 19.7 Å². The van der Waals surface area contributed by atoms with E-state index in [0.717, 1.165) is 12.8 Å². The minimum absolute atomic E-state index is 0.0639. The number of rotatable bonds is 8. The van der Waals surface area contributed by atoms with Crippen LogP contribution in [0.1, 0.15) is 56.1 Å². The fraction of sp³-hybridized carbons (Fsp3) is 0.733. The number of carbonyl (C=O) groups is 1. The van der Waals surface area contributed by atoms with Crippen LogP contribution in [0.25, 0.3) is 0 Å². The van der Waals surface area contributed by atoms with E-state index in [0.29, 0.717) is 35.9 Å². The quantitative estimate of drug-likeness (QED) is 0.775. The van der Waals surface area contributed by atoms with Gasteiger partial charge in [0.1, 0.15) is 5.15 Å². The standard InChI is InChI=1S/C15H26ClN3O2/c1-5-15(6-2,8-9-20)10-17-14(21)12-11(4)18-19(7-3)13(12)16/h20H,5-10H2,1-4H3,(H,17,21). The molecule has 0 bridgehead atoms. The van der Waals surface area contributed by atoms with Crippen molar-refractivity contribution in [3.8, 4) is 0 Å². The highest BCUT2D eigenvalue weighted by Crippen LogP contribution is 2.29. The van der Waals surface area contributed by atoms with Crippen molar-refractivity contribution in [3.05, 3.63) is 16.4 Å². The Morgan fingerprint density at radius 3 is 2.43 bits per heavy atom.